The molecule has 1 heteroatoms. The van der Waals surface area contributed by atoms with Crippen molar-refractivity contribution in [3.63, 3.8) is 0 Å². The highest BCUT2D eigenvalue weighted by Gasteiger charge is 2.20. The number of hydrogen-bond acceptors (Lipinski definition) is 1. The summed E-state index contributed by atoms with van der Waals surface area (Å²) in [6.07, 6.45) is 7.68. The summed E-state index contributed by atoms with van der Waals surface area (Å²) in [5.41, 5.74) is 4.45. The van der Waals surface area contributed by atoms with Gasteiger partial charge in [-0.1, -0.05) is 50.8 Å². The maximum Gasteiger partial charge on any atom is 0.0683 e. The molecule has 1 aliphatic rings. The second-order valence-corrected chi connectivity index (χ2v) is 5.49. The molecule has 1 aliphatic heterocycles. The summed E-state index contributed by atoms with van der Waals surface area (Å²) >= 11 is 0. The zero-order valence-electron chi connectivity index (χ0n) is 11.8. The van der Waals surface area contributed by atoms with Gasteiger partial charge in [0, 0.05) is 5.92 Å². The average Bonchev–Trinajstić information content (AvgIpc) is 2.68. The highest BCUT2D eigenvalue weighted by Crippen LogP contribution is 2.29. The predicted octanol–water partition coefficient (Wildman–Crippen LogP) is 4.89. The Morgan fingerprint density at radius 1 is 1.35 bits per heavy atom. The van der Waals surface area contributed by atoms with Gasteiger partial charge >= 0.3 is 0 Å². The van der Waals surface area contributed by atoms with Crippen molar-refractivity contribution in [2.45, 2.75) is 59.3 Å². The van der Waals surface area contributed by atoms with Gasteiger partial charge in [0.15, 0.2) is 0 Å². The molecular weight excluding hydrogens is 208 g/mol. The number of unbranched alkanes of at least 4 members (excludes halogenated alkanes) is 3. The lowest BCUT2D eigenvalue weighted by Crippen LogP contribution is -2.01. The van der Waals surface area contributed by atoms with Gasteiger partial charge in [-0.15, -0.1) is 0 Å². The van der Waals surface area contributed by atoms with Crippen molar-refractivity contribution < 1.29 is 4.74 Å². The van der Waals surface area contributed by atoms with Crippen molar-refractivity contribution in [1.29, 1.82) is 0 Å². The molecule has 1 fully saturated rings. The third-order valence-corrected chi connectivity index (χ3v) is 3.52. The van der Waals surface area contributed by atoms with E-state index in [9.17, 15) is 0 Å². The lowest BCUT2D eigenvalue weighted by Gasteiger charge is -2.14. The molecule has 1 nitrogen and oxygen atoms in total. The van der Waals surface area contributed by atoms with Gasteiger partial charge < -0.3 is 4.74 Å². The second-order valence-electron chi connectivity index (χ2n) is 5.49. The van der Waals surface area contributed by atoms with Crippen molar-refractivity contribution in [1.82, 2.24) is 0 Å². The summed E-state index contributed by atoms with van der Waals surface area (Å²) < 4.78 is 5.57. The molecule has 1 unspecified atom stereocenters. The molecule has 17 heavy (non-hydrogen) atoms. The standard InChI is InChI=1S/C16H28O/c1-5-6-7-8-9-15(10-13(2)3)16-12-17-11-14(16)4/h14H,2,5-12H2,1,3-4H3/b16-15-. The summed E-state index contributed by atoms with van der Waals surface area (Å²) in [5, 5.41) is 0. The first kappa shape index (κ1) is 14.5. The van der Waals surface area contributed by atoms with E-state index in [2.05, 4.69) is 27.4 Å². The minimum atomic E-state index is 0.621. The monoisotopic (exact) mass is 236 g/mol. The zero-order valence-corrected chi connectivity index (χ0v) is 11.8. The van der Waals surface area contributed by atoms with Gasteiger partial charge in [-0.2, -0.15) is 0 Å². The lowest BCUT2D eigenvalue weighted by molar-refractivity contribution is 0.191. The van der Waals surface area contributed by atoms with Crippen molar-refractivity contribution in [3.05, 3.63) is 23.3 Å². The smallest absolute Gasteiger partial charge is 0.0683 e. The van der Waals surface area contributed by atoms with Gasteiger partial charge in [-0.3, -0.25) is 0 Å². The van der Waals surface area contributed by atoms with Crippen LogP contribution in [0, 0.1) is 5.92 Å². The van der Waals surface area contributed by atoms with Crippen molar-refractivity contribution in [2.24, 2.45) is 5.92 Å². The summed E-state index contributed by atoms with van der Waals surface area (Å²) in [5.74, 6) is 0.621. The van der Waals surface area contributed by atoms with E-state index in [0.717, 1.165) is 19.6 Å². The molecule has 0 amide bonds. The highest BCUT2D eigenvalue weighted by molar-refractivity contribution is 5.23. The molecule has 0 bridgehead atoms. The van der Waals surface area contributed by atoms with E-state index in [1.165, 1.54) is 37.7 Å². The first-order chi connectivity index (χ1) is 8.15. The molecule has 0 aromatic heterocycles. The van der Waals surface area contributed by atoms with Gasteiger partial charge in [0.05, 0.1) is 13.2 Å². The Kier molecular flexibility index (Phi) is 6.57. The number of allylic oxidation sites excluding steroid dienone is 2. The molecule has 0 radical (unpaired) electrons. The van der Waals surface area contributed by atoms with Crippen molar-refractivity contribution >= 4 is 0 Å². The maximum atomic E-state index is 5.57. The third-order valence-electron chi connectivity index (χ3n) is 3.52. The molecule has 0 spiro atoms. The number of rotatable bonds is 7. The summed E-state index contributed by atoms with van der Waals surface area (Å²) in [7, 11) is 0. The Morgan fingerprint density at radius 2 is 2.12 bits per heavy atom. The maximum absolute atomic E-state index is 5.57. The predicted molar refractivity (Wildman–Crippen MR) is 75.2 cm³/mol. The first-order valence-electron chi connectivity index (χ1n) is 7.08. The topological polar surface area (TPSA) is 9.23 Å². The van der Waals surface area contributed by atoms with Crippen LogP contribution in [0.15, 0.2) is 23.3 Å². The first-order valence-corrected chi connectivity index (χ1v) is 7.08. The fourth-order valence-corrected chi connectivity index (χ4v) is 2.53. The Labute approximate surface area is 107 Å². The Morgan fingerprint density at radius 3 is 2.65 bits per heavy atom. The number of hydrogen-bond donors (Lipinski definition) is 0. The van der Waals surface area contributed by atoms with Gasteiger partial charge in [-0.25, -0.2) is 0 Å². The summed E-state index contributed by atoms with van der Waals surface area (Å²) in [4.78, 5) is 0. The van der Waals surface area contributed by atoms with Crippen LogP contribution in [0.2, 0.25) is 0 Å². The zero-order chi connectivity index (χ0) is 12.7. The molecule has 1 saturated heterocycles. The fraction of sp³-hybridized carbons (Fsp3) is 0.750. The van der Waals surface area contributed by atoms with E-state index in [0.29, 0.717) is 5.92 Å². The van der Waals surface area contributed by atoms with Crippen molar-refractivity contribution in [3.8, 4) is 0 Å². The van der Waals surface area contributed by atoms with Crippen LogP contribution in [-0.2, 0) is 4.74 Å². The SMILES string of the molecule is C=C(C)C/C(CCCCCC)=C1/COCC1C. The Bertz CT molecular complexity index is 275. The van der Waals surface area contributed by atoms with Crippen molar-refractivity contribution in [2.75, 3.05) is 13.2 Å². The molecule has 1 heterocycles. The normalized spacial score (nSPS) is 22.9. The number of ether oxygens (including phenoxy) is 1. The van der Waals surface area contributed by atoms with Crippen LogP contribution in [0.3, 0.4) is 0 Å². The molecule has 0 aromatic rings. The molecule has 0 N–H and O–H groups in total. The quantitative estimate of drug-likeness (QED) is 0.452. The largest absolute Gasteiger partial charge is 0.376 e. The van der Waals surface area contributed by atoms with Crippen LogP contribution in [0.4, 0.5) is 0 Å². The van der Waals surface area contributed by atoms with E-state index in [4.69, 9.17) is 4.74 Å². The molecule has 0 aromatic carbocycles. The van der Waals surface area contributed by atoms with Gasteiger partial charge in [-0.05, 0) is 31.8 Å². The van der Waals surface area contributed by atoms with Gasteiger partial charge in [0.2, 0.25) is 0 Å². The van der Waals surface area contributed by atoms with Crippen LogP contribution in [-0.4, -0.2) is 13.2 Å². The van der Waals surface area contributed by atoms with E-state index in [-0.39, 0.29) is 0 Å². The fourth-order valence-electron chi connectivity index (χ4n) is 2.53. The third kappa shape index (κ3) is 5.08. The van der Waals surface area contributed by atoms with Crippen LogP contribution in [0.5, 0.6) is 0 Å². The van der Waals surface area contributed by atoms with Crippen LogP contribution in [0.1, 0.15) is 59.3 Å². The highest BCUT2D eigenvalue weighted by atomic mass is 16.5. The minimum Gasteiger partial charge on any atom is -0.376 e. The molecule has 98 valence electrons. The summed E-state index contributed by atoms with van der Waals surface area (Å²) in [6.45, 7) is 12.5. The molecule has 1 atom stereocenters. The Balaban J connectivity index is 2.57. The molecule has 1 rings (SSSR count). The van der Waals surface area contributed by atoms with Crippen LogP contribution in [0.25, 0.3) is 0 Å². The van der Waals surface area contributed by atoms with Gasteiger partial charge in [0.1, 0.15) is 0 Å². The average molecular weight is 236 g/mol. The van der Waals surface area contributed by atoms with Crippen LogP contribution < -0.4 is 0 Å². The van der Waals surface area contributed by atoms with E-state index in [1.54, 1.807) is 11.1 Å². The van der Waals surface area contributed by atoms with Crippen LogP contribution >= 0.6 is 0 Å². The molecule has 0 saturated carbocycles. The minimum absolute atomic E-state index is 0.621. The van der Waals surface area contributed by atoms with Gasteiger partial charge in [0.25, 0.3) is 0 Å². The van der Waals surface area contributed by atoms with E-state index < -0.39 is 0 Å². The lowest BCUT2D eigenvalue weighted by atomic mass is 9.91. The molecule has 0 aliphatic carbocycles. The molecular formula is C16H28O. The van der Waals surface area contributed by atoms with E-state index >= 15 is 0 Å². The Hall–Kier alpha value is -0.560. The summed E-state index contributed by atoms with van der Waals surface area (Å²) in [6, 6.07) is 0. The second kappa shape index (κ2) is 7.71. The van der Waals surface area contributed by atoms with E-state index in [1.807, 2.05) is 0 Å².